The van der Waals surface area contributed by atoms with Gasteiger partial charge in [-0.15, -0.1) is 0 Å². The predicted molar refractivity (Wildman–Crippen MR) is 138 cm³/mol. The van der Waals surface area contributed by atoms with Crippen LogP contribution in [-0.4, -0.2) is 48.1 Å². The number of nitrogens with one attached hydrogen (secondary N) is 2. The number of benzene rings is 3. The number of amides is 2. The van der Waals surface area contributed by atoms with E-state index in [1.807, 2.05) is 55.5 Å². The molecule has 3 aromatic carbocycles. The summed E-state index contributed by atoms with van der Waals surface area (Å²) < 4.78 is 10.9. The number of aliphatic hydroxyl groups excluding tert-OH is 2. The summed E-state index contributed by atoms with van der Waals surface area (Å²) in [6, 6.07) is 18.6. The highest BCUT2D eigenvalue weighted by molar-refractivity contribution is 6.02. The summed E-state index contributed by atoms with van der Waals surface area (Å²) in [5.41, 5.74) is 4.41. The third-order valence-electron chi connectivity index (χ3n) is 6.77. The van der Waals surface area contributed by atoms with Crippen LogP contribution in [0, 0.1) is 6.92 Å². The predicted octanol–water partition coefficient (Wildman–Crippen LogP) is 3.64. The standard InChI is InChI=1S/C28H28N2O6.2H2/c1-17-2-8-21(13-23(17)18-3-5-19(6-4-18)26(33)29-14-22(32)15-31)30-27(34)28(10-11-28)20-7-9-24-25(12-20)36-16-35-24;;/h2-9,12-13,22,31-32H,10-11,14-16H2,1H3,(H,29,33)(H,30,34);2*1H/t22-;;/m0../s1. The molecule has 4 N–H and O–H groups in total. The third kappa shape index (κ3) is 4.65. The van der Waals surface area contributed by atoms with Crippen LogP contribution in [0.4, 0.5) is 5.69 Å². The highest BCUT2D eigenvalue weighted by Crippen LogP contribution is 2.51. The maximum absolute atomic E-state index is 13.3. The second-order valence-corrected chi connectivity index (χ2v) is 9.26. The molecule has 0 aromatic heterocycles. The van der Waals surface area contributed by atoms with Gasteiger partial charge in [-0.2, -0.15) is 0 Å². The van der Waals surface area contributed by atoms with E-state index in [1.54, 1.807) is 12.1 Å². The van der Waals surface area contributed by atoms with Crippen molar-refractivity contribution >= 4 is 17.5 Å². The summed E-state index contributed by atoms with van der Waals surface area (Å²) in [5.74, 6) is 0.994. The molecule has 0 unspecified atom stereocenters. The van der Waals surface area contributed by atoms with E-state index >= 15 is 0 Å². The number of hydrogen-bond donors (Lipinski definition) is 4. The average molecular weight is 493 g/mol. The van der Waals surface area contributed by atoms with E-state index in [9.17, 15) is 14.7 Å². The highest BCUT2D eigenvalue weighted by atomic mass is 16.7. The van der Waals surface area contributed by atoms with Gasteiger partial charge in [-0.1, -0.05) is 24.3 Å². The maximum Gasteiger partial charge on any atom is 0.251 e. The van der Waals surface area contributed by atoms with E-state index in [4.69, 9.17) is 14.6 Å². The molecular weight excluding hydrogens is 460 g/mol. The lowest BCUT2D eigenvalue weighted by Crippen LogP contribution is -2.33. The smallest absolute Gasteiger partial charge is 0.251 e. The van der Waals surface area contributed by atoms with Crippen LogP contribution in [0.25, 0.3) is 11.1 Å². The first-order chi connectivity index (χ1) is 17.4. The zero-order chi connectivity index (χ0) is 25.3. The Morgan fingerprint density at radius 2 is 1.78 bits per heavy atom. The number of anilines is 1. The Bertz CT molecular complexity index is 1310. The van der Waals surface area contributed by atoms with Crippen molar-refractivity contribution < 1.29 is 32.1 Å². The van der Waals surface area contributed by atoms with Crippen LogP contribution < -0.4 is 20.1 Å². The Morgan fingerprint density at radius 1 is 1.03 bits per heavy atom. The minimum atomic E-state index is -0.992. The molecule has 190 valence electrons. The molecular formula is C28H32N2O6. The topological polar surface area (TPSA) is 117 Å². The second kappa shape index (κ2) is 9.64. The summed E-state index contributed by atoms with van der Waals surface area (Å²) >= 11 is 0. The lowest BCUT2D eigenvalue weighted by molar-refractivity contribution is -0.118. The summed E-state index contributed by atoms with van der Waals surface area (Å²) in [4.78, 5) is 25.6. The van der Waals surface area contributed by atoms with Crippen molar-refractivity contribution in [1.29, 1.82) is 0 Å². The van der Waals surface area contributed by atoms with Gasteiger partial charge < -0.3 is 30.3 Å². The summed E-state index contributed by atoms with van der Waals surface area (Å²) in [5, 5.41) is 24.0. The fraction of sp³-hybridized carbons (Fsp3) is 0.286. The van der Waals surface area contributed by atoms with Crippen molar-refractivity contribution in [3.63, 3.8) is 0 Å². The summed E-state index contributed by atoms with van der Waals surface area (Å²) in [7, 11) is 0. The monoisotopic (exact) mass is 492 g/mol. The van der Waals surface area contributed by atoms with Crippen molar-refractivity contribution in [2.24, 2.45) is 0 Å². The van der Waals surface area contributed by atoms with Gasteiger partial charge in [0, 0.05) is 20.6 Å². The zero-order valence-corrected chi connectivity index (χ0v) is 19.9. The minimum absolute atomic E-state index is 0. The molecule has 0 spiro atoms. The van der Waals surface area contributed by atoms with Crippen molar-refractivity contribution in [3.05, 3.63) is 77.4 Å². The van der Waals surface area contributed by atoms with E-state index in [2.05, 4.69) is 10.6 Å². The zero-order valence-electron chi connectivity index (χ0n) is 19.9. The van der Waals surface area contributed by atoms with Crippen LogP contribution in [0.3, 0.4) is 0 Å². The number of fused-ring (bicyclic) bond motifs is 1. The molecule has 1 fully saturated rings. The number of carbonyl (C=O) groups is 2. The largest absolute Gasteiger partial charge is 0.454 e. The second-order valence-electron chi connectivity index (χ2n) is 9.26. The van der Waals surface area contributed by atoms with E-state index < -0.39 is 18.1 Å². The number of aliphatic hydroxyl groups is 2. The lowest BCUT2D eigenvalue weighted by Gasteiger charge is -2.17. The van der Waals surface area contributed by atoms with Crippen molar-refractivity contribution in [2.45, 2.75) is 31.3 Å². The molecule has 0 bridgehead atoms. The molecule has 5 rings (SSSR count). The van der Waals surface area contributed by atoms with Gasteiger partial charge in [-0.25, -0.2) is 0 Å². The van der Waals surface area contributed by atoms with Crippen molar-refractivity contribution in [2.75, 3.05) is 25.3 Å². The molecule has 1 aliphatic carbocycles. The summed E-state index contributed by atoms with van der Waals surface area (Å²) in [6.07, 6.45) is 0.556. The van der Waals surface area contributed by atoms with Gasteiger partial charge in [0.15, 0.2) is 11.5 Å². The molecule has 0 saturated heterocycles. The van der Waals surface area contributed by atoms with Gasteiger partial charge in [0.1, 0.15) is 0 Å². The Balaban J connectivity index is 0.00000200. The molecule has 36 heavy (non-hydrogen) atoms. The van der Waals surface area contributed by atoms with Crippen molar-refractivity contribution in [3.8, 4) is 22.6 Å². The van der Waals surface area contributed by atoms with Crippen LogP contribution in [0.1, 0.15) is 37.2 Å². The van der Waals surface area contributed by atoms with Crippen LogP contribution in [0.2, 0.25) is 0 Å². The Labute approximate surface area is 211 Å². The van der Waals surface area contributed by atoms with Crippen LogP contribution in [0.15, 0.2) is 60.7 Å². The SMILES string of the molecule is Cc1ccc(NC(=O)C2(c3ccc4c(c3)OCO4)CC2)cc1-c1ccc(C(=O)NC[C@H](O)CO)cc1.[HH].[HH]. The van der Waals surface area contributed by atoms with Crippen LogP contribution in [-0.2, 0) is 10.2 Å². The molecule has 0 radical (unpaired) electrons. The van der Waals surface area contributed by atoms with Crippen molar-refractivity contribution in [1.82, 2.24) is 5.32 Å². The molecule has 2 amide bonds. The first-order valence-corrected chi connectivity index (χ1v) is 11.9. The molecule has 1 heterocycles. The van der Waals surface area contributed by atoms with Crippen LogP contribution >= 0.6 is 0 Å². The fourth-order valence-corrected chi connectivity index (χ4v) is 4.41. The lowest BCUT2D eigenvalue weighted by atomic mass is 9.94. The van der Waals surface area contributed by atoms with E-state index in [0.29, 0.717) is 22.7 Å². The van der Waals surface area contributed by atoms with E-state index in [-0.39, 0.29) is 28.0 Å². The molecule has 3 aromatic rings. The Morgan fingerprint density at radius 3 is 2.50 bits per heavy atom. The van der Waals surface area contributed by atoms with Gasteiger partial charge in [-0.3, -0.25) is 9.59 Å². The quantitative estimate of drug-likeness (QED) is 0.382. The van der Waals surface area contributed by atoms with Gasteiger partial charge in [0.05, 0.1) is 18.1 Å². The Hall–Kier alpha value is -3.88. The number of ether oxygens (including phenoxy) is 2. The fourth-order valence-electron chi connectivity index (χ4n) is 4.41. The van der Waals surface area contributed by atoms with Gasteiger partial charge >= 0.3 is 0 Å². The van der Waals surface area contributed by atoms with Gasteiger partial charge in [0.25, 0.3) is 5.91 Å². The van der Waals surface area contributed by atoms with E-state index in [0.717, 1.165) is 35.1 Å². The highest BCUT2D eigenvalue weighted by Gasteiger charge is 2.51. The number of rotatable bonds is 8. The first kappa shape index (κ1) is 23.8. The van der Waals surface area contributed by atoms with Gasteiger partial charge in [0.2, 0.25) is 12.7 Å². The molecule has 1 atom stereocenters. The number of carbonyl (C=O) groups excluding carboxylic acids is 2. The average Bonchev–Trinajstić information content (AvgIpc) is 3.59. The normalized spacial score (nSPS) is 15.8. The van der Waals surface area contributed by atoms with Crippen LogP contribution in [0.5, 0.6) is 11.5 Å². The molecule has 1 saturated carbocycles. The number of aryl methyl sites for hydroxylation is 1. The molecule has 1 aliphatic heterocycles. The molecule has 2 aliphatic rings. The first-order valence-electron chi connectivity index (χ1n) is 11.9. The maximum atomic E-state index is 13.3. The number of hydrogen-bond acceptors (Lipinski definition) is 6. The Kier molecular flexibility index (Phi) is 6.38. The molecule has 8 heteroatoms. The summed E-state index contributed by atoms with van der Waals surface area (Å²) in [6.45, 7) is 1.75. The van der Waals surface area contributed by atoms with Gasteiger partial charge in [-0.05, 0) is 78.4 Å². The third-order valence-corrected chi connectivity index (χ3v) is 6.77. The molecule has 8 nitrogen and oxygen atoms in total. The van der Waals surface area contributed by atoms with E-state index in [1.165, 1.54) is 0 Å². The minimum Gasteiger partial charge on any atom is -0.454 e.